The zero-order valence-electron chi connectivity index (χ0n) is 9.66. The van der Waals surface area contributed by atoms with E-state index in [9.17, 15) is 4.79 Å². The molecule has 2 aromatic heterocycles. The summed E-state index contributed by atoms with van der Waals surface area (Å²) in [5.41, 5.74) is 0.844. The topological polar surface area (TPSA) is 68.2 Å². The molecule has 0 bridgehead atoms. The summed E-state index contributed by atoms with van der Waals surface area (Å²) in [5.74, 6) is 1.09. The molecule has 3 rings (SSSR count). The van der Waals surface area contributed by atoms with Gasteiger partial charge in [-0.2, -0.15) is 0 Å². The molecular weight excluding hydrogens is 252 g/mol. The molecule has 1 aliphatic heterocycles. The van der Waals surface area contributed by atoms with Gasteiger partial charge >= 0.3 is 0 Å². The van der Waals surface area contributed by atoms with Crippen molar-refractivity contribution in [3.05, 3.63) is 28.9 Å². The third-order valence-electron chi connectivity index (χ3n) is 2.71. The van der Waals surface area contributed by atoms with Crippen molar-refractivity contribution in [2.45, 2.75) is 13.5 Å². The Labute approximate surface area is 107 Å². The van der Waals surface area contributed by atoms with Crippen LogP contribution in [0.2, 0.25) is 0 Å². The number of amides is 1. The number of carbonyl (C=O) groups is 1. The molecule has 0 aromatic carbocycles. The normalized spacial score (nSPS) is 14.3. The molecule has 1 aliphatic rings. The van der Waals surface area contributed by atoms with Crippen molar-refractivity contribution in [1.29, 1.82) is 0 Å². The molecular formula is C11H10N4O2S. The summed E-state index contributed by atoms with van der Waals surface area (Å²) in [6, 6.07) is 3.59. The molecule has 2 aromatic rings. The second-order valence-corrected chi connectivity index (χ2v) is 4.71. The number of hydrogen-bond donors (Lipinski definition) is 0. The van der Waals surface area contributed by atoms with E-state index in [0.29, 0.717) is 18.1 Å². The van der Waals surface area contributed by atoms with Gasteiger partial charge in [0.15, 0.2) is 18.2 Å². The number of ether oxygens (including phenoxy) is 1. The molecule has 1 amide bonds. The van der Waals surface area contributed by atoms with Crippen LogP contribution in [0.1, 0.15) is 10.6 Å². The maximum absolute atomic E-state index is 11.9. The highest BCUT2D eigenvalue weighted by Crippen LogP contribution is 2.30. The second-order valence-electron chi connectivity index (χ2n) is 3.88. The molecule has 0 radical (unpaired) electrons. The zero-order chi connectivity index (χ0) is 12.5. The average Bonchev–Trinajstić information content (AvgIpc) is 2.79. The summed E-state index contributed by atoms with van der Waals surface area (Å²) in [6.07, 6.45) is 1.64. The van der Waals surface area contributed by atoms with Crippen LogP contribution in [0.4, 0.5) is 5.82 Å². The summed E-state index contributed by atoms with van der Waals surface area (Å²) in [6.45, 7) is 2.36. The lowest BCUT2D eigenvalue weighted by atomic mass is 10.3. The van der Waals surface area contributed by atoms with Crippen LogP contribution in [0.3, 0.4) is 0 Å². The van der Waals surface area contributed by atoms with Crippen LogP contribution < -0.4 is 9.64 Å². The molecule has 0 saturated carbocycles. The lowest BCUT2D eigenvalue weighted by Crippen LogP contribution is -2.38. The predicted molar refractivity (Wildman–Crippen MR) is 65.6 cm³/mol. The Kier molecular flexibility index (Phi) is 2.67. The van der Waals surface area contributed by atoms with E-state index in [-0.39, 0.29) is 12.5 Å². The Hall–Kier alpha value is -2.02. The van der Waals surface area contributed by atoms with Crippen LogP contribution in [0.25, 0.3) is 0 Å². The van der Waals surface area contributed by atoms with E-state index in [0.717, 1.165) is 10.6 Å². The molecule has 92 valence electrons. The number of rotatable bonds is 2. The fourth-order valence-electron chi connectivity index (χ4n) is 1.74. The van der Waals surface area contributed by atoms with Gasteiger partial charge in [0.2, 0.25) is 0 Å². The summed E-state index contributed by atoms with van der Waals surface area (Å²) in [7, 11) is 0. The van der Waals surface area contributed by atoms with Gasteiger partial charge in [-0.3, -0.25) is 9.69 Å². The minimum atomic E-state index is -0.103. The first-order valence-electron chi connectivity index (χ1n) is 5.41. The third kappa shape index (κ3) is 1.82. The largest absolute Gasteiger partial charge is 0.480 e. The summed E-state index contributed by atoms with van der Waals surface area (Å²) >= 11 is 1.30. The maximum Gasteiger partial charge on any atom is 0.266 e. The van der Waals surface area contributed by atoms with Crippen LogP contribution >= 0.6 is 11.5 Å². The van der Waals surface area contributed by atoms with Crippen molar-refractivity contribution in [1.82, 2.24) is 14.6 Å². The molecule has 18 heavy (non-hydrogen) atoms. The van der Waals surface area contributed by atoms with Gasteiger partial charge in [-0.25, -0.2) is 4.98 Å². The fourth-order valence-corrected chi connectivity index (χ4v) is 2.36. The first-order chi connectivity index (χ1) is 8.75. The lowest BCUT2D eigenvalue weighted by molar-refractivity contribution is -0.121. The van der Waals surface area contributed by atoms with Gasteiger partial charge in [-0.15, -0.1) is 5.10 Å². The number of aryl methyl sites for hydroxylation is 1. The van der Waals surface area contributed by atoms with Gasteiger partial charge in [-0.05, 0) is 30.6 Å². The summed E-state index contributed by atoms with van der Waals surface area (Å²) < 4.78 is 9.20. The average molecular weight is 262 g/mol. The number of anilines is 1. The second kappa shape index (κ2) is 4.34. The smallest absolute Gasteiger partial charge is 0.266 e. The number of aromatic nitrogens is 3. The van der Waals surface area contributed by atoms with Crippen LogP contribution in [0.15, 0.2) is 18.3 Å². The van der Waals surface area contributed by atoms with Crippen molar-refractivity contribution in [3.8, 4) is 5.75 Å². The van der Waals surface area contributed by atoms with Crippen molar-refractivity contribution >= 4 is 23.3 Å². The number of fused-ring (bicyclic) bond motifs is 1. The highest BCUT2D eigenvalue weighted by atomic mass is 32.1. The van der Waals surface area contributed by atoms with Crippen LogP contribution in [-0.4, -0.2) is 27.1 Å². The predicted octanol–water partition coefficient (Wildman–Crippen LogP) is 1.17. The van der Waals surface area contributed by atoms with E-state index in [1.807, 2.05) is 6.92 Å². The quantitative estimate of drug-likeness (QED) is 0.812. The third-order valence-corrected chi connectivity index (χ3v) is 3.51. The van der Waals surface area contributed by atoms with Crippen molar-refractivity contribution in [2.75, 3.05) is 11.5 Å². The van der Waals surface area contributed by atoms with Crippen LogP contribution in [0, 0.1) is 6.92 Å². The summed E-state index contributed by atoms with van der Waals surface area (Å²) in [4.78, 5) is 18.7. The number of pyridine rings is 1. The molecule has 0 spiro atoms. The Morgan fingerprint density at radius 1 is 1.56 bits per heavy atom. The van der Waals surface area contributed by atoms with E-state index >= 15 is 0 Å². The van der Waals surface area contributed by atoms with Crippen molar-refractivity contribution < 1.29 is 9.53 Å². The molecule has 0 atom stereocenters. The van der Waals surface area contributed by atoms with Gasteiger partial charge in [0, 0.05) is 6.20 Å². The molecule has 0 unspecified atom stereocenters. The minimum Gasteiger partial charge on any atom is -0.480 e. The molecule has 3 heterocycles. The molecule has 0 saturated heterocycles. The Balaban J connectivity index is 1.96. The number of hydrogen-bond acceptors (Lipinski definition) is 6. The number of nitrogens with zero attached hydrogens (tertiary/aromatic N) is 4. The maximum atomic E-state index is 11.9. The van der Waals surface area contributed by atoms with Crippen molar-refractivity contribution in [3.63, 3.8) is 0 Å². The first kappa shape index (κ1) is 11.1. The van der Waals surface area contributed by atoms with E-state index in [2.05, 4.69) is 14.6 Å². The van der Waals surface area contributed by atoms with E-state index in [4.69, 9.17) is 4.74 Å². The van der Waals surface area contributed by atoms with Gasteiger partial charge in [-0.1, -0.05) is 4.49 Å². The van der Waals surface area contributed by atoms with Gasteiger partial charge in [0.05, 0.1) is 17.1 Å². The summed E-state index contributed by atoms with van der Waals surface area (Å²) in [5, 5.41) is 3.94. The van der Waals surface area contributed by atoms with Crippen LogP contribution in [-0.2, 0) is 11.3 Å². The van der Waals surface area contributed by atoms with E-state index in [1.54, 1.807) is 23.2 Å². The van der Waals surface area contributed by atoms with Crippen LogP contribution in [0.5, 0.6) is 5.75 Å². The zero-order valence-corrected chi connectivity index (χ0v) is 10.5. The molecule has 7 heteroatoms. The highest BCUT2D eigenvalue weighted by molar-refractivity contribution is 7.05. The van der Waals surface area contributed by atoms with Crippen molar-refractivity contribution in [2.24, 2.45) is 0 Å². The molecule has 6 nitrogen and oxygen atoms in total. The van der Waals surface area contributed by atoms with E-state index < -0.39 is 0 Å². The SMILES string of the molecule is Cc1nnsc1CN1C(=O)COc2cccnc21. The Morgan fingerprint density at radius 3 is 3.22 bits per heavy atom. The van der Waals surface area contributed by atoms with Gasteiger partial charge in [0.1, 0.15) is 0 Å². The number of carbonyl (C=O) groups excluding carboxylic acids is 1. The van der Waals surface area contributed by atoms with E-state index in [1.165, 1.54) is 11.5 Å². The standard InChI is InChI=1S/C11H10N4O2S/c1-7-9(18-14-13-7)5-15-10(16)6-17-8-3-2-4-12-11(8)15/h2-4H,5-6H2,1H3. The van der Waals surface area contributed by atoms with Gasteiger partial charge < -0.3 is 4.74 Å². The molecule has 0 aliphatic carbocycles. The lowest BCUT2D eigenvalue weighted by Gasteiger charge is -2.27. The molecule has 0 N–H and O–H groups in total. The molecule has 0 fully saturated rings. The Bertz CT molecular complexity index is 598. The fraction of sp³-hybridized carbons (Fsp3) is 0.273. The first-order valence-corrected chi connectivity index (χ1v) is 6.19. The highest BCUT2D eigenvalue weighted by Gasteiger charge is 2.27. The minimum absolute atomic E-state index is 0.0456. The Morgan fingerprint density at radius 2 is 2.44 bits per heavy atom. The monoisotopic (exact) mass is 262 g/mol. The van der Waals surface area contributed by atoms with Gasteiger partial charge in [0.25, 0.3) is 5.91 Å².